The second-order valence-electron chi connectivity index (χ2n) is 13.8. The third-order valence-corrected chi connectivity index (χ3v) is 11.6. The number of anilines is 2. The summed E-state index contributed by atoms with van der Waals surface area (Å²) in [5, 5.41) is 7.56. The van der Waals surface area contributed by atoms with E-state index in [1.54, 1.807) is 48.5 Å². The number of halogens is 2. The first-order chi connectivity index (χ1) is 29.2. The van der Waals surface area contributed by atoms with Crippen molar-refractivity contribution in [2.75, 3.05) is 23.9 Å². The maximum absolute atomic E-state index is 13.4. The van der Waals surface area contributed by atoms with Crippen LogP contribution in [0.1, 0.15) is 22.5 Å². The molecule has 2 aromatic heterocycles. The van der Waals surface area contributed by atoms with Crippen LogP contribution in [0.15, 0.2) is 142 Å². The summed E-state index contributed by atoms with van der Waals surface area (Å²) in [5.74, 6) is 2.17. The van der Waals surface area contributed by atoms with Crippen molar-refractivity contribution < 1.29 is 64.3 Å². The lowest BCUT2D eigenvalue weighted by Crippen LogP contribution is -2.21. The van der Waals surface area contributed by atoms with Gasteiger partial charge in [0.25, 0.3) is 20.2 Å². The van der Waals surface area contributed by atoms with Crippen LogP contribution >= 0.6 is 11.6 Å². The fourth-order valence-corrected chi connectivity index (χ4v) is 7.16. The van der Waals surface area contributed by atoms with Gasteiger partial charge in [-0.3, -0.25) is 9.11 Å². The second-order valence-corrected chi connectivity index (χ2v) is 19.3. The van der Waals surface area contributed by atoms with Crippen LogP contribution in [0.3, 0.4) is 0 Å². The molecule has 65 heavy (non-hydrogen) atoms. The van der Waals surface area contributed by atoms with E-state index in [9.17, 15) is 29.6 Å². The summed E-state index contributed by atoms with van der Waals surface area (Å²) in [6, 6.07) is 33.0. The zero-order valence-electron chi connectivity index (χ0n) is 35.0. The minimum Gasteiger partial charge on any atom is -0.487 e. The smallest absolute Gasteiger partial charge is 0.294 e. The van der Waals surface area contributed by atoms with Gasteiger partial charge in [0.05, 0.1) is 32.6 Å². The fraction of sp³-hybridized carbons (Fsp3) is 0.163. The van der Waals surface area contributed by atoms with Gasteiger partial charge in [0, 0.05) is 29.4 Å². The van der Waals surface area contributed by atoms with Crippen LogP contribution in [0, 0.1) is 19.7 Å². The third-order valence-electron chi connectivity index (χ3n) is 8.65. The van der Waals surface area contributed by atoms with Crippen molar-refractivity contribution in [3.05, 3.63) is 161 Å². The van der Waals surface area contributed by atoms with Crippen LogP contribution in [0.25, 0.3) is 22.2 Å². The molecule has 17 nitrogen and oxygen atoms in total. The minimum atomic E-state index is -4.02. The monoisotopic (exact) mass is 978 g/mol. The summed E-state index contributed by atoms with van der Waals surface area (Å²) in [6.45, 7) is 4.64. The highest BCUT2D eigenvalue weighted by Gasteiger charge is 2.12. The molecule has 0 aliphatic rings. The van der Waals surface area contributed by atoms with Gasteiger partial charge in [-0.05, 0) is 104 Å². The first kappa shape index (κ1) is 55.3. The Morgan fingerprint density at radius 1 is 0.738 bits per heavy atom. The summed E-state index contributed by atoms with van der Waals surface area (Å²) in [6.07, 6.45) is 2.69. The lowest BCUT2D eigenvalue weighted by Gasteiger charge is -2.12. The first-order valence-corrected chi connectivity index (χ1v) is 23.8. The Labute approximate surface area is 380 Å². The molecule has 10 N–H and O–H groups in total. The van der Waals surface area contributed by atoms with Gasteiger partial charge in [-0.1, -0.05) is 59.1 Å². The molecule has 0 amide bonds. The number of furan rings is 1. The highest BCUT2D eigenvalue weighted by Crippen LogP contribution is 2.33. The average Bonchev–Trinajstić information content (AvgIpc) is 3.68. The first-order valence-electron chi connectivity index (χ1n) is 18.5. The third kappa shape index (κ3) is 17.6. The molecule has 2 heterocycles. The number of ether oxygens (including phenoxy) is 1. The van der Waals surface area contributed by atoms with E-state index in [-0.39, 0.29) is 44.4 Å². The predicted octanol–water partition coefficient (Wildman–Crippen LogP) is 6.15. The SMILES string of the molecule is CS(=O)(=O)CCNCc1ccc(-c2ccc3ncnc(Nc4ccc(OCc5cccc(F)c5)c(Cl)c4)c3c2)o1.Cc1ccc(S(=O)(=O)O)cc1.Cc1ccc(S(=O)(=O)O)cc1.O.O.O. The molecule has 7 rings (SSSR count). The molecule has 7 aromatic rings. The topological polar surface area (TPSA) is 310 Å². The number of benzene rings is 5. The summed E-state index contributed by atoms with van der Waals surface area (Å²) < 4.78 is 107. The van der Waals surface area contributed by atoms with E-state index in [0.717, 1.165) is 27.6 Å². The van der Waals surface area contributed by atoms with Gasteiger partial charge in [0.15, 0.2) is 0 Å². The second kappa shape index (κ2) is 24.4. The molecular formula is C43H48ClFN4O13S3. The molecule has 0 atom stereocenters. The lowest BCUT2D eigenvalue weighted by atomic mass is 10.1. The zero-order chi connectivity index (χ0) is 45.1. The molecule has 0 fully saturated rings. The quantitative estimate of drug-likeness (QED) is 0.0744. The molecule has 22 heteroatoms. The summed E-state index contributed by atoms with van der Waals surface area (Å²) >= 11 is 6.47. The Morgan fingerprint density at radius 3 is 1.91 bits per heavy atom. The van der Waals surface area contributed by atoms with Crippen molar-refractivity contribution >= 4 is 64.1 Å². The van der Waals surface area contributed by atoms with E-state index in [0.29, 0.717) is 52.5 Å². The van der Waals surface area contributed by atoms with Gasteiger partial charge in [-0.15, -0.1) is 0 Å². The maximum Gasteiger partial charge on any atom is 0.294 e. The molecule has 0 unspecified atom stereocenters. The van der Waals surface area contributed by atoms with Crippen molar-refractivity contribution in [1.29, 1.82) is 0 Å². The van der Waals surface area contributed by atoms with E-state index >= 15 is 0 Å². The molecule has 5 aromatic carbocycles. The van der Waals surface area contributed by atoms with Crippen LogP contribution in [0.5, 0.6) is 5.75 Å². The van der Waals surface area contributed by atoms with Gasteiger partial charge < -0.3 is 36.2 Å². The number of nitrogens with zero attached hydrogens (tertiary/aromatic N) is 2. The summed E-state index contributed by atoms with van der Waals surface area (Å²) in [5.41, 5.74) is 4.90. The standard InChI is InChI=1S/C29H26ClFN4O4S.2C7H8O3S.3H2O/c1-40(36,37)12-11-32-16-23-7-10-27(39-23)20-5-8-26-24(14-20)29(34-18-33-26)35-22-6-9-28(25(30)15-22)38-17-19-3-2-4-21(31)13-19;2*1-6-2-4-7(5-3-6)11(8,9)10;;;/h2-10,13-15,18,32H,11-12,16-17H2,1H3,(H,33,34,35);2*2-5H,1H3,(H,8,9,10);3*1H2. The summed E-state index contributed by atoms with van der Waals surface area (Å²) in [4.78, 5) is 8.66. The van der Waals surface area contributed by atoms with Crippen molar-refractivity contribution in [2.24, 2.45) is 0 Å². The van der Waals surface area contributed by atoms with E-state index in [1.807, 2.05) is 50.2 Å². The van der Waals surface area contributed by atoms with Crippen LogP contribution in [0.4, 0.5) is 15.9 Å². The van der Waals surface area contributed by atoms with E-state index in [4.69, 9.17) is 29.9 Å². The van der Waals surface area contributed by atoms with Gasteiger partial charge in [0.2, 0.25) is 0 Å². The number of aryl methyl sites for hydroxylation is 2. The van der Waals surface area contributed by atoms with Crippen molar-refractivity contribution in [2.45, 2.75) is 36.8 Å². The number of rotatable bonds is 13. The highest BCUT2D eigenvalue weighted by atomic mass is 35.5. The van der Waals surface area contributed by atoms with Crippen molar-refractivity contribution in [1.82, 2.24) is 15.3 Å². The largest absolute Gasteiger partial charge is 0.487 e. The van der Waals surface area contributed by atoms with E-state index in [1.165, 1.54) is 49.0 Å². The Balaban J connectivity index is 0.000000477. The number of fused-ring (bicyclic) bond motifs is 1. The van der Waals surface area contributed by atoms with Crippen LogP contribution in [0.2, 0.25) is 5.02 Å². The fourth-order valence-electron chi connectivity index (χ4n) is 5.45. The van der Waals surface area contributed by atoms with Crippen LogP contribution in [-0.2, 0) is 43.2 Å². The van der Waals surface area contributed by atoms with E-state index in [2.05, 4.69) is 20.6 Å². The molecule has 0 bridgehead atoms. The zero-order valence-corrected chi connectivity index (χ0v) is 38.2. The average molecular weight is 980 g/mol. The van der Waals surface area contributed by atoms with Gasteiger partial charge in [0.1, 0.15) is 51.7 Å². The lowest BCUT2D eigenvalue weighted by molar-refractivity contribution is 0.306. The van der Waals surface area contributed by atoms with Crippen LogP contribution < -0.4 is 15.4 Å². The Morgan fingerprint density at radius 2 is 1.35 bits per heavy atom. The molecule has 0 aliphatic heterocycles. The van der Waals surface area contributed by atoms with E-state index < -0.39 is 30.1 Å². The number of hydrogen-bond donors (Lipinski definition) is 4. The van der Waals surface area contributed by atoms with Gasteiger partial charge in [-0.25, -0.2) is 22.8 Å². The molecule has 0 radical (unpaired) electrons. The molecular weight excluding hydrogens is 931 g/mol. The molecule has 0 saturated carbocycles. The summed E-state index contributed by atoms with van der Waals surface area (Å²) in [7, 11) is -11.1. The Hall–Kier alpha value is -5.85. The Kier molecular flexibility index (Phi) is 20.8. The maximum atomic E-state index is 13.4. The Bertz CT molecular complexity index is 2900. The van der Waals surface area contributed by atoms with Crippen molar-refractivity contribution in [3.63, 3.8) is 0 Å². The minimum absolute atomic E-state index is 0. The molecule has 0 spiro atoms. The van der Waals surface area contributed by atoms with Crippen LogP contribution in [-0.4, -0.2) is 79.3 Å². The van der Waals surface area contributed by atoms with Gasteiger partial charge in [-0.2, -0.15) is 16.8 Å². The molecule has 0 saturated heterocycles. The van der Waals surface area contributed by atoms with Gasteiger partial charge >= 0.3 is 0 Å². The molecule has 350 valence electrons. The van der Waals surface area contributed by atoms with Crippen molar-refractivity contribution in [3.8, 4) is 17.1 Å². The highest BCUT2D eigenvalue weighted by molar-refractivity contribution is 7.90. The number of sulfone groups is 1. The number of aromatic nitrogens is 2. The predicted molar refractivity (Wildman–Crippen MR) is 247 cm³/mol. The number of hydrogen-bond acceptors (Lipinski definition) is 12. The normalized spacial score (nSPS) is 11.0. The molecule has 0 aliphatic carbocycles. The number of nitrogens with one attached hydrogen (secondary N) is 2.